The fraction of sp³-hybridized carbons (Fsp3) is 0.350. The molecule has 3 aromatic heterocycles. The Morgan fingerprint density at radius 1 is 1.29 bits per heavy atom. The molecule has 4 aromatic rings. The predicted octanol–water partition coefficient (Wildman–Crippen LogP) is 3.89. The van der Waals surface area contributed by atoms with Crippen LogP contribution in [0.3, 0.4) is 0 Å². The molecule has 0 aliphatic heterocycles. The lowest BCUT2D eigenvalue weighted by Gasteiger charge is -2.15. The van der Waals surface area contributed by atoms with Crippen LogP contribution in [0.25, 0.3) is 33.5 Å². The number of rotatable bonds is 7. The lowest BCUT2D eigenvalue weighted by molar-refractivity contribution is 0.0850. The maximum absolute atomic E-state index is 12.5. The summed E-state index contributed by atoms with van der Waals surface area (Å²) in [4.78, 5) is 21.5. The molecular formula is C20H21ClN6O3Si. The zero-order valence-electron chi connectivity index (χ0n) is 17.4. The van der Waals surface area contributed by atoms with Crippen molar-refractivity contribution in [2.75, 3.05) is 6.61 Å². The minimum absolute atomic E-state index is 0.0606. The second kappa shape index (κ2) is 8.26. The molecular weight excluding hydrogens is 436 g/mol. The van der Waals surface area contributed by atoms with E-state index in [-0.39, 0.29) is 13.3 Å². The third kappa shape index (κ3) is 4.25. The molecule has 0 atom stereocenters. The van der Waals surface area contributed by atoms with Gasteiger partial charge in [-0.1, -0.05) is 31.2 Å². The third-order valence-electron chi connectivity index (χ3n) is 4.82. The van der Waals surface area contributed by atoms with Crippen molar-refractivity contribution < 1.29 is 9.15 Å². The van der Waals surface area contributed by atoms with Crippen molar-refractivity contribution >= 4 is 41.9 Å². The molecule has 0 unspecified atom stereocenters. The van der Waals surface area contributed by atoms with E-state index in [4.69, 9.17) is 26.0 Å². The summed E-state index contributed by atoms with van der Waals surface area (Å²) in [7, 11) is -1.24. The molecule has 0 spiro atoms. The molecule has 11 heteroatoms. The largest absolute Gasteiger partial charge is 0.421 e. The monoisotopic (exact) mass is 456 g/mol. The Morgan fingerprint density at radius 2 is 2.10 bits per heavy atom. The van der Waals surface area contributed by atoms with E-state index in [1.165, 1.54) is 9.25 Å². The highest BCUT2D eigenvalue weighted by Crippen LogP contribution is 2.32. The van der Waals surface area contributed by atoms with Crippen LogP contribution < -0.4 is 5.76 Å². The topological polar surface area (TPSA) is 112 Å². The highest BCUT2D eigenvalue weighted by Gasteiger charge is 2.20. The summed E-state index contributed by atoms with van der Waals surface area (Å²) in [5, 5.41) is 13.4. The van der Waals surface area contributed by atoms with E-state index in [9.17, 15) is 4.79 Å². The van der Waals surface area contributed by atoms with E-state index < -0.39 is 13.8 Å². The van der Waals surface area contributed by atoms with Crippen LogP contribution in [-0.4, -0.2) is 39.0 Å². The molecule has 0 N–H and O–H groups in total. The van der Waals surface area contributed by atoms with E-state index >= 15 is 0 Å². The standard InChI is InChI=1S/C20H21ClN6O3Si/c1-31(2,3)9-8-29-12-26-17-14(21)5-4-13(18(17)30-20(26)28)15-10-23-19-16(25-15)11-24-27(19)7-6-22/h4-5,10-11H,7-9,12H2,1-3H3. The highest BCUT2D eigenvalue weighted by molar-refractivity contribution is 6.76. The quantitative estimate of drug-likeness (QED) is 0.306. The van der Waals surface area contributed by atoms with Gasteiger partial charge in [-0.15, -0.1) is 0 Å². The lowest BCUT2D eigenvalue weighted by atomic mass is 10.1. The molecule has 1 aromatic carbocycles. The normalized spacial score (nSPS) is 12.0. The van der Waals surface area contributed by atoms with Gasteiger partial charge >= 0.3 is 5.76 Å². The number of ether oxygens (including phenoxy) is 1. The lowest BCUT2D eigenvalue weighted by Crippen LogP contribution is -2.23. The molecule has 31 heavy (non-hydrogen) atoms. The summed E-state index contributed by atoms with van der Waals surface area (Å²) in [6, 6.07) is 6.45. The molecule has 9 nitrogen and oxygen atoms in total. The van der Waals surface area contributed by atoms with Crippen molar-refractivity contribution in [3.63, 3.8) is 0 Å². The average Bonchev–Trinajstić information content (AvgIpc) is 3.26. The Bertz CT molecular complexity index is 1360. The first kappa shape index (κ1) is 21.2. The molecule has 0 bridgehead atoms. The zero-order valence-corrected chi connectivity index (χ0v) is 19.2. The predicted molar refractivity (Wildman–Crippen MR) is 120 cm³/mol. The Kier molecular flexibility index (Phi) is 5.66. The number of nitriles is 1. The van der Waals surface area contributed by atoms with Crippen LogP contribution in [0, 0.1) is 11.3 Å². The first-order valence-corrected chi connectivity index (χ1v) is 13.8. The van der Waals surface area contributed by atoms with Gasteiger partial charge in [0.1, 0.15) is 24.3 Å². The highest BCUT2D eigenvalue weighted by atomic mass is 35.5. The molecule has 160 valence electrons. The smallest absolute Gasteiger partial charge is 0.407 e. The van der Waals surface area contributed by atoms with Crippen molar-refractivity contribution in [1.29, 1.82) is 5.26 Å². The van der Waals surface area contributed by atoms with Crippen LogP contribution in [-0.2, 0) is 18.0 Å². The number of nitrogens with zero attached hydrogens (tertiary/aromatic N) is 6. The number of fused-ring (bicyclic) bond motifs is 2. The molecule has 0 saturated heterocycles. The van der Waals surface area contributed by atoms with Gasteiger partial charge in [0, 0.05) is 20.2 Å². The van der Waals surface area contributed by atoms with Gasteiger partial charge in [0.25, 0.3) is 0 Å². The molecule has 3 heterocycles. The maximum atomic E-state index is 12.5. The molecule has 0 radical (unpaired) electrons. The maximum Gasteiger partial charge on any atom is 0.421 e. The number of halogens is 1. The Morgan fingerprint density at radius 3 is 2.84 bits per heavy atom. The first-order valence-electron chi connectivity index (χ1n) is 9.74. The number of aromatic nitrogens is 5. The zero-order chi connectivity index (χ0) is 22.2. The van der Waals surface area contributed by atoms with Gasteiger partial charge in [0.05, 0.1) is 29.2 Å². The first-order chi connectivity index (χ1) is 14.8. The van der Waals surface area contributed by atoms with E-state index in [2.05, 4.69) is 34.7 Å². The molecule has 0 aliphatic carbocycles. The second-order valence-electron chi connectivity index (χ2n) is 8.34. The number of hydrogen-bond acceptors (Lipinski definition) is 7. The van der Waals surface area contributed by atoms with Crippen LogP contribution in [0.2, 0.25) is 30.7 Å². The molecule has 0 fully saturated rings. The van der Waals surface area contributed by atoms with Crippen LogP contribution in [0.4, 0.5) is 0 Å². The van der Waals surface area contributed by atoms with Crippen LogP contribution in [0.1, 0.15) is 0 Å². The van der Waals surface area contributed by atoms with Crippen molar-refractivity contribution in [3.05, 3.63) is 40.1 Å². The Labute approximate surface area is 183 Å². The van der Waals surface area contributed by atoms with E-state index in [1.807, 2.05) is 6.07 Å². The minimum Gasteiger partial charge on any atom is -0.407 e. The summed E-state index contributed by atoms with van der Waals surface area (Å²) in [5.41, 5.74) is 2.91. The van der Waals surface area contributed by atoms with Crippen LogP contribution in [0.15, 0.2) is 33.7 Å². The summed E-state index contributed by atoms with van der Waals surface area (Å²) < 4.78 is 14.1. The molecule has 0 saturated carbocycles. The fourth-order valence-corrected chi connectivity index (χ4v) is 4.17. The van der Waals surface area contributed by atoms with Crippen molar-refractivity contribution in [1.82, 2.24) is 24.3 Å². The van der Waals surface area contributed by atoms with Crippen LogP contribution in [0.5, 0.6) is 0 Å². The molecule has 0 aliphatic rings. The van der Waals surface area contributed by atoms with Gasteiger partial charge in [-0.3, -0.25) is 0 Å². The van der Waals surface area contributed by atoms with E-state index in [0.717, 1.165) is 6.04 Å². The van der Waals surface area contributed by atoms with Crippen LogP contribution >= 0.6 is 11.6 Å². The van der Waals surface area contributed by atoms with Gasteiger partial charge < -0.3 is 9.15 Å². The SMILES string of the molecule is C[Si](C)(C)CCOCn1c(=O)oc2c(-c3cnc4c(cnn4CC#N)n3)ccc(Cl)c21. The Balaban J connectivity index is 1.72. The Hall–Kier alpha value is -3.00. The number of oxazole rings is 1. The third-order valence-corrected chi connectivity index (χ3v) is 6.83. The van der Waals surface area contributed by atoms with Gasteiger partial charge in [0.2, 0.25) is 0 Å². The molecule has 4 rings (SSSR count). The van der Waals surface area contributed by atoms with E-state index in [0.29, 0.717) is 45.2 Å². The number of hydrogen-bond donors (Lipinski definition) is 0. The van der Waals surface area contributed by atoms with Gasteiger partial charge in [0.15, 0.2) is 11.2 Å². The average molecular weight is 457 g/mol. The number of benzene rings is 1. The fourth-order valence-electron chi connectivity index (χ4n) is 3.16. The second-order valence-corrected chi connectivity index (χ2v) is 14.4. The summed E-state index contributed by atoms with van der Waals surface area (Å²) >= 11 is 6.41. The minimum atomic E-state index is -1.24. The van der Waals surface area contributed by atoms with Gasteiger partial charge in [-0.2, -0.15) is 10.4 Å². The summed E-state index contributed by atoms with van der Waals surface area (Å²) in [6.07, 6.45) is 3.10. The summed E-state index contributed by atoms with van der Waals surface area (Å²) in [6.45, 7) is 7.51. The molecule has 0 amide bonds. The van der Waals surface area contributed by atoms with Gasteiger partial charge in [-0.05, 0) is 18.2 Å². The summed E-state index contributed by atoms with van der Waals surface area (Å²) in [5.74, 6) is -0.548. The van der Waals surface area contributed by atoms with Crippen molar-refractivity contribution in [3.8, 4) is 17.3 Å². The van der Waals surface area contributed by atoms with Crippen molar-refractivity contribution in [2.24, 2.45) is 0 Å². The van der Waals surface area contributed by atoms with Gasteiger partial charge in [-0.25, -0.2) is 24.0 Å². The van der Waals surface area contributed by atoms with E-state index in [1.54, 1.807) is 24.5 Å². The van der Waals surface area contributed by atoms with Crippen molar-refractivity contribution in [2.45, 2.75) is 39.0 Å².